The van der Waals surface area contributed by atoms with Gasteiger partial charge in [-0.05, 0) is 65.4 Å². The molecule has 0 bridgehead atoms. The van der Waals surface area contributed by atoms with Crippen LogP contribution in [0, 0.1) is 3.57 Å². The molecule has 0 fully saturated rings. The van der Waals surface area contributed by atoms with Crippen LogP contribution in [-0.2, 0) is 4.79 Å². The highest BCUT2D eigenvalue weighted by atomic mass is 127. The summed E-state index contributed by atoms with van der Waals surface area (Å²) in [4.78, 5) is 28.9. The van der Waals surface area contributed by atoms with Gasteiger partial charge in [-0.1, -0.05) is 23.5 Å². The number of halogens is 1. The Labute approximate surface area is 182 Å². The molecule has 0 radical (unpaired) electrons. The summed E-state index contributed by atoms with van der Waals surface area (Å²) in [5.41, 5.74) is 2.20. The minimum absolute atomic E-state index is 0.127. The molecule has 0 amide bonds. The monoisotopic (exact) mass is 522 g/mol. The van der Waals surface area contributed by atoms with E-state index >= 15 is 0 Å². The average Bonchev–Trinajstić information content (AvgIpc) is 3.17. The van der Waals surface area contributed by atoms with Gasteiger partial charge in [0.1, 0.15) is 0 Å². The van der Waals surface area contributed by atoms with Crippen molar-refractivity contribution in [2.24, 2.45) is 0 Å². The van der Waals surface area contributed by atoms with Crippen molar-refractivity contribution >= 4 is 62.0 Å². The van der Waals surface area contributed by atoms with Gasteiger partial charge in [-0.3, -0.25) is 4.79 Å². The second kappa shape index (κ2) is 7.99. The lowest BCUT2D eigenvalue weighted by atomic mass is 10.2. The standard InChI is InChI=1S/C20H15IN2O5S/c1-2-27-15-8-11(7-12(21)18(15)28-10-17(24)25)9-16-19(26)23-14-6-4-3-5-13(14)22-20(23)29-16/h3-9H,2,10H2,1H3,(H,24,25). The van der Waals surface area contributed by atoms with Crippen LogP contribution in [0.15, 0.2) is 41.2 Å². The van der Waals surface area contributed by atoms with Gasteiger partial charge in [0.25, 0.3) is 5.56 Å². The van der Waals surface area contributed by atoms with Crippen LogP contribution in [0.4, 0.5) is 0 Å². The number of imidazole rings is 1. The summed E-state index contributed by atoms with van der Waals surface area (Å²) in [6.07, 6.45) is 1.78. The van der Waals surface area contributed by atoms with Crippen LogP contribution in [-0.4, -0.2) is 33.7 Å². The maximum atomic E-state index is 12.9. The predicted octanol–water partition coefficient (Wildman–Crippen LogP) is 2.92. The molecule has 9 heteroatoms. The third kappa shape index (κ3) is 3.79. The Balaban J connectivity index is 1.82. The fourth-order valence-electron chi connectivity index (χ4n) is 2.97. The highest BCUT2D eigenvalue weighted by Gasteiger charge is 2.14. The molecule has 0 aliphatic carbocycles. The van der Waals surface area contributed by atoms with E-state index in [0.29, 0.717) is 31.2 Å². The van der Waals surface area contributed by atoms with Crippen molar-refractivity contribution in [1.82, 2.24) is 9.38 Å². The number of aliphatic carboxylic acids is 1. The van der Waals surface area contributed by atoms with E-state index in [4.69, 9.17) is 14.6 Å². The van der Waals surface area contributed by atoms with Crippen LogP contribution in [0.3, 0.4) is 0 Å². The molecule has 29 heavy (non-hydrogen) atoms. The van der Waals surface area contributed by atoms with E-state index in [1.807, 2.05) is 37.3 Å². The number of ether oxygens (including phenoxy) is 2. The van der Waals surface area contributed by atoms with Crippen LogP contribution >= 0.6 is 33.9 Å². The molecule has 0 aliphatic rings. The van der Waals surface area contributed by atoms with Crippen molar-refractivity contribution in [3.8, 4) is 11.5 Å². The minimum Gasteiger partial charge on any atom is -0.490 e. The number of para-hydroxylation sites is 2. The van der Waals surface area contributed by atoms with E-state index in [-0.39, 0.29) is 5.56 Å². The van der Waals surface area contributed by atoms with Crippen molar-refractivity contribution in [1.29, 1.82) is 0 Å². The fourth-order valence-corrected chi connectivity index (χ4v) is 4.74. The fraction of sp³-hybridized carbons (Fsp3) is 0.150. The van der Waals surface area contributed by atoms with E-state index in [9.17, 15) is 9.59 Å². The van der Waals surface area contributed by atoms with Crippen LogP contribution in [0.25, 0.3) is 22.1 Å². The lowest BCUT2D eigenvalue weighted by molar-refractivity contribution is -0.139. The van der Waals surface area contributed by atoms with Gasteiger partial charge in [-0.15, -0.1) is 0 Å². The summed E-state index contributed by atoms with van der Waals surface area (Å²) >= 11 is 3.38. The SMILES string of the molecule is CCOc1cc(C=c2sc3nc4ccccc4n3c2=O)cc(I)c1OCC(=O)O. The Bertz CT molecular complexity index is 1340. The number of thiazole rings is 1. The molecule has 0 unspecified atom stereocenters. The van der Waals surface area contributed by atoms with Gasteiger partial charge in [0.2, 0.25) is 0 Å². The van der Waals surface area contributed by atoms with Crippen molar-refractivity contribution in [3.05, 3.63) is 60.4 Å². The predicted molar refractivity (Wildman–Crippen MR) is 119 cm³/mol. The first kappa shape index (κ1) is 19.6. The highest BCUT2D eigenvalue weighted by molar-refractivity contribution is 14.1. The molecule has 0 saturated heterocycles. The second-order valence-electron chi connectivity index (χ2n) is 6.08. The van der Waals surface area contributed by atoms with E-state index in [1.54, 1.807) is 16.5 Å². The summed E-state index contributed by atoms with van der Waals surface area (Å²) < 4.78 is 13.9. The third-order valence-corrected chi connectivity index (χ3v) is 5.88. The van der Waals surface area contributed by atoms with Crippen molar-refractivity contribution < 1.29 is 19.4 Å². The maximum Gasteiger partial charge on any atom is 0.341 e. The molecule has 4 rings (SSSR count). The molecule has 2 heterocycles. The number of carboxylic acids is 1. The van der Waals surface area contributed by atoms with Gasteiger partial charge in [-0.25, -0.2) is 14.2 Å². The van der Waals surface area contributed by atoms with Gasteiger partial charge >= 0.3 is 5.97 Å². The van der Waals surface area contributed by atoms with Gasteiger partial charge in [0, 0.05) is 0 Å². The number of aromatic nitrogens is 2. The molecule has 4 aromatic rings. The molecule has 7 nitrogen and oxygen atoms in total. The first-order chi connectivity index (χ1) is 14.0. The Morgan fingerprint density at radius 2 is 2.10 bits per heavy atom. The largest absolute Gasteiger partial charge is 0.490 e. The summed E-state index contributed by atoms with van der Waals surface area (Å²) in [5.74, 6) is -0.253. The molecule has 0 spiro atoms. The average molecular weight is 522 g/mol. The molecule has 0 atom stereocenters. The zero-order valence-corrected chi connectivity index (χ0v) is 18.2. The maximum absolute atomic E-state index is 12.9. The summed E-state index contributed by atoms with van der Waals surface area (Å²) in [6.45, 7) is 1.77. The topological polar surface area (TPSA) is 90.1 Å². The lowest BCUT2D eigenvalue weighted by Gasteiger charge is -2.13. The Morgan fingerprint density at radius 1 is 1.31 bits per heavy atom. The molecule has 2 aromatic heterocycles. The number of carboxylic acid groups (broad SMARTS) is 1. The van der Waals surface area contributed by atoms with Gasteiger partial charge in [-0.2, -0.15) is 0 Å². The number of benzene rings is 2. The van der Waals surface area contributed by atoms with Crippen molar-refractivity contribution in [2.75, 3.05) is 13.2 Å². The molecule has 0 aliphatic heterocycles. The quantitative estimate of drug-likeness (QED) is 0.392. The minimum atomic E-state index is -1.07. The summed E-state index contributed by atoms with van der Waals surface area (Å²) in [5, 5.41) is 8.87. The smallest absolute Gasteiger partial charge is 0.341 e. The van der Waals surface area contributed by atoms with Gasteiger partial charge in [0.05, 0.1) is 25.7 Å². The zero-order chi connectivity index (χ0) is 20.5. The lowest BCUT2D eigenvalue weighted by Crippen LogP contribution is -2.22. The summed E-state index contributed by atoms with van der Waals surface area (Å²) in [6, 6.07) is 11.1. The summed E-state index contributed by atoms with van der Waals surface area (Å²) in [7, 11) is 0. The van der Waals surface area contributed by atoms with E-state index in [1.165, 1.54) is 11.3 Å². The third-order valence-electron chi connectivity index (χ3n) is 4.11. The second-order valence-corrected chi connectivity index (χ2v) is 8.25. The van der Waals surface area contributed by atoms with Crippen LogP contribution in [0.5, 0.6) is 11.5 Å². The van der Waals surface area contributed by atoms with Crippen molar-refractivity contribution in [2.45, 2.75) is 6.92 Å². The molecule has 0 saturated carbocycles. The molecule has 2 aromatic carbocycles. The van der Waals surface area contributed by atoms with E-state index in [2.05, 4.69) is 27.6 Å². The molecule has 1 N–H and O–H groups in total. The van der Waals surface area contributed by atoms with Gasteiger partial charge < -0.3 is 14.6 Å². The molecular weight excluding hydrogens is 507 g/mol. The van der Waals surface area contributed by atoms with E-state index < -0.39 is 12.6 Å². The van der Waals surface area contributed by atoms with Crippen molar-refractivity contribution in [3.63, 3.8) is 0 Å². The van der Waals surface area contributed by atoms with Crippen LogP contribution in [0.1, 0.15) is 12.5 Å². The highest BCUT2D eigenvalue weighted by Crippen LogP contribution is 2.34. The first-order valence-electron chi connectivity index (χ1n) is 8.70. The normalized spacial score (nSPS) is 12.0. The Hall–Kier alpha value is -2.66. The number of fused-ring (bicyclic) bond motifs is 3. The van der Waals surface area contributed by atoms with Gasteiger partial charge in [0.15, 0.2) is 23.1 Å². The first-order valence-corrected chi connectivity index (χ1v) is 10.6. The van der Waals surface area contributed by atoms with Crippen LogP contribution < -0.4 is 19.6 Å². The molecular formula is C20H15IN2O5S. The number of nitrogens with zero attached hydrogens (tertiary/aromatic N) is 2. The number of hydrogen-bond acceptors (Lipinski definition) is 6. The van der Waals surface area contributed by atoms with Crippen LogP contribution in [0.2, 0.25) is 0 Å². The van der Waals surface area contributed by atoms with E-state index in [0.717, 1.165) is 16.6 Å². The Kier molecular flexibility index (Phi) is 5.41. The number of rotatable bonds is 6. The Morgan fingerprint density at radius 3 is 2.86 bits per heavy atom. The number of hydrogen-bond donors (Lipinski definition) is 1. The zero-order valence-electron chi connectivity index (χ0n) is 15.2. The molecule has 148 valence electrons. The number of carbonyl (C=O) groups is 1.